The van der Waals surface area contributed by atoms with Crippen LogP contribution in [-0.2, 0) is 17.8 Å². The van der Waals surface area contributed by atoms with Crippen molar-refractivity contribution in [1.82, 2.24) is 15.0 Å². The quantitative estimate of drug-likeness (QED) is 0.819. The molecule has 23 heavy (non-hydrogen) atoms. The van der Waals surface area contributed by atoms with Gasteiger partial charge in [-0.1, -0.05) is 24.2 Å². The van der Waals surface area contributed by atoms with E-state index in [4.69, 9.17) is 9.26 Å². The summed E-state index contributed by atoms with van der Waals surface area (Å²) in [5.41, 5.74) is 1.09. The van der Waals surface area contributed by atoms with Crippen LogP contribution in [0.1, 0.15) is 43.5 Å². The van der Waals surface area contributed by atoms with Crippen molar-refractivity contribution in [2.24, 2.45) is 0 Å². The van der Waals surface area contributed by atoms with E-state index in [1.54, 1.807) is 0 Å². The number of rotatable bonds is 6. The molecule has 0 N–H and O–H groups in total. The second-order valence-electron chi connectivity index (χ2n) is 5.65. The van der Waals surface area contributed by atoms with Crippen LogP contribution in [0.2, 0.25) is 0 Å². The zero-order valence-corrected chi connectivity index (χ0v) is 13.5. The molecule has 1 saturated heterocycles. The number of benzene rings is 1. The highest BCUT2D eigenvalue weighted by Gasteiger charge is 2.34. The molecule has 6 nitrogen and oxygen atoms in total. The Kier molecular flexibility index (Phi) is 4.60. The van der Waals surface area contributed by atoms with Crippen LogP contribution < -0.4 is 4.74 Å². The van der Waals surface area contributed by atoms with Gasteiger partial charge < -0.3 is 14.2 Å². The van der Waals surface area contributed by atoms with E-state index in [0.717, 1.165) is 17.7 Å². The standard InChI is InChI=1S/C17H21N3O3/c1-3-15-18-17(23-19-15)13-9-16(21)20(11-13)10-12-5-7-14(8-6-12)22-4-2/h5-8,13H,3-4,9-11H2,1-2H3. The number of ether oxygens (including phenoxy) is 1. The first-order valence-electron chi connectivity index (χ1n) is 8.01. The van der Waals surface area contributed by atoms with Crippen molar-refractivity contribution < 1.29 is 14.1 Å². The molecule has 1 amide bonds. The predicted octanol–water partition coefficient (Wildman–Crippen LogP) is 2.55. The minimum absolute atomic E-state index is 0.00185. The molecule has 6 heteroatoms. The highest BCUT2D eigenvalue weighted by molar-refractivity contribution is 5.79. The Morgan fingerprint density at radius 3 is 2.74 bits per heavy atom. The Balaban J connectivity index is 1.63. The minimum Gasteiger partial charge on any atom is -0.494 e. The van der Waals surface area contributed by atoms with Crippen molar-refractivity contribution >= 4 is 5.91 Å². The van der Waals surface area contributed by atoms with E-state index in [1.165, 1.54) is 0 Å². The number of carbonyl (C=O) groups is 1. The lowest BCUT2D eigenvalue weighted by molar-refractivity contribution is -0.128. The maximum atomic E-state index is 12.2. The van der Waals surface area contributed by atoms with E-state index in [0.29, 0.717) is 37.8 Å². The van der Waals surface area contributed by atoms with Crippen LogP contribution in [0, 0.1) is 0 Å². The molecule has 122 valence electrons. The number of hydrogen-bond donors (Lipinski definition) is 0. The van der Waals surface area contributed by atoms with Gasteiger partial charge >= 0.3 is 0 Å². The maximum absolute atomic E-state index is 12.2. The molecule has 1 fully saturated rings. The predicted molar refractivity (Wildman–Crippen MR) is 84.1 cm³/mol. The average Bonchev–Trinajstić information content (AvgIpc) is 3.17. The fourth-order valence-corrected chi connectivity index (χ4v) is 2.75. The number of nitrogens with zero attached hydrogens (tertiary/aromatic N) is 3. The molecule has 1 aliphatic heterocycles. The maximum Gasteiger partial charge on any atom is 0.232 e. The Hall–Kier alpha value is -2.37. The first kappa shape index (κ1) is 15.5. The number of hydrogen-bond acceptors (Lipinski definition) is 5. The van der Waals surface area contributed by atoms with Gasteiger partial charge in [0, 0.05) is 25.9 Å². The topological polar surface area (TPSA) is 68.5 Å². The minimum atomic E-state index is -0.00185. The van der Waals surface area contributed by atoms with Gasteiger partial charge in [0.05, 0.1) is 12.5 Å². The Labute approximate surface area is 135 Å². The molecule has 0 saturated carbocycles. The molecule has 1 aromatic carbocycles. The first-order valence-corrected chi connectivity index (χ1v) is 8.01. The third-order valence-corrected chi connectivity index (χ3v) is 3.97. The molecule has 3 rings (SSSR count). The van der Waals surface area contributed by atoms with Crippen LogP contribution in [0.3, 0.4) is 0 Å². The van der Waals surface area contributed by atoms with E-state index >= 15 is 0 Å². The summed E-state index contributed by atoms with van der Waals surface area (Å²) in [7, 11) is 0. The van der Waals surface area contributed by atoms with E-state index in [2.05, 4.69) is 10.1 Å². The Morgan fingerprint density at radius 1 is 1.30 bits per heavy atom. The monoisotopic (exact) mass is 315 g/mol. The van der Waals surface area contributed by atoms with Gasteiger partial charge in [-0.05, 0) is 24.6 Å². The van der Waals surface area contributed by atoms with Crippen molar-refractivity contribution in [3.05, 3.63) is 41.5 Å². The molecule has 1 aromatic heterocycles. The van der Waals surface area contributed by atoms with Crippen LogP contribution in [0.25, 0.3) is 0 Å². The van der Waals surface area contributed by atoms with Gasteiger partial charge in [0.1, 0.15) is 5.75 Å². The van der Waals surface area contributed by atoms with Gasteiger partial charge in [0.15, 0.2) is 5.82 Å². The summed E-state index contributed by atoms with van der Waals surface area (Å²) in [4.78, 5) is 18.4. The van der Waals surface area contributed by atoms with E-state index in [-0.39, 0.29) is 11.8 Å². The molecule has 2 aromatic rings. The van der Waals surface area contributed by atoms with Gasteiger partial charge in [-0.2, -0.15) is 4.98 Å². The summed E-state index contributed by atoms with van der Waals surface area (Å²) >= 11 is 0. The molecule has 0 aliphatic carbocycles. The van der Waals surface area contributed by atoms with Crippen molar-refractivity contribution in [2.45, 2.75) is 39.2 Å². The van der Waals surface area contributed by atoms with Gasteiger partial charge in [0.2, 0.25) is 11.8 Å². The molecule has 1 unspecified atom stereocenters. The number of aromatic nitrogens is 2. The van der Waals surface area contributed by atoms with Crippen molar-refractivity contribution in [2.75, 3.05) is 13.2 Å². The molecule has 1 aliphatic rings. The van der Waals surface area contributed by atoms with Crippen molar-refractivity contribution in [3.63, 3.8) is 0 Å². The number of aryl methyl sites for hydroxylation is 1. The second kappa shape index (κ2) is 6.81. The van der Waals surface area contributed by atoms with Crippen molar-refractivity contribution in [1.29, 1.82) is 0 Å². The Bertz CT molecular complexity index is 666. The zero-order chi connectivity index (χ0) is 16.2. The van der Waals surface area contributed by atoms with Crippen LogP contribution >= 0.6 is 0 Å². The molecule has 0 bridgehead atoms. The summed E-state index contributed by atoms with van der Waals surface area (Å²) in [5.74, 6) is 2.24. The normalized spacial score (nSPS) is 17.7. The largest absolute Gasteiger partial charge is 0.494 e. The van der Waals surface area contributed by atoms with Crippen LogP contribution in [-0.4, -0.2) is 34.1 Å². The third-order valence-electron chi connectivity index (χ3n) is 3.97. The SMILES string of the molecule is CCOc1ccc(CN2CC(c3nc(CC)no3)CC2=O)cc1. The van der Waals surface area contributed by atoms with Gasteiger partial charge in [-0.3, -0.25) is 4.79 Å². The summed E-state index contributed by atoms with van der Waals surface area (Å²) in [6, 6.07) is 7.85. The molecule has 0 spiro atoms. The lowest BCUT2D eigenvalue weighted by Crippen LogP contribution is -2.24. The summed E-state index contributed by atoms with van der Waals surface area (Å²) in [5, 5.41) is 3.91. The van der Waals surface area contributed by atoms with E-state index in [9.17, 15) is 4.79 Å². The smallest absolute Gasteiger partial charge is 0.232 e. The number of amides is 1. The lowest BCUT2D eigenvalue weighted by atomic mass is 10.1. The average molecular weight is 315 g/mol. The molecule has 1 atom stereocenters. The van der Waals surface area contributed by atoms with Crippen molar-refractivity contribution in [3.8, 4) is 5.75 Å². The van der Waals surface area contributed by atoms with Crippen LogP contribution in [0.4, 0.5) is 0 Å². The third kappa shape index (κ3) is 3.52. The molecule has 0 radical (unpaired) electrons. The second-order valence-corrected chi connectivity index (χ2v) is 5.65. The Morgan fingerprint density at radius 2 is 2.09 bits per heavy atom. The summed E-state index contributed by atoms with van der Waals surface area (Å²) in [6.45, 7) is 5.80. The van der Waals surface area contributed by atoms with E-state index in [1.807, 2.05) is 43.0 Å². The van der Waals surface area contributed by atoms with Gasteiger partial charge in [-0.25, -0.2) is 0 Å². The summed E-state index contributed by atoms with van der Waals surface area (Å²) < 4.78 is 10.7. The molecular formula is C17H21N3O3. The molecular weight excluding hydrogens is 294 g/mol. The summed E-state index contributed by atoms with van der Waals surface area (Å²) in [6.07, 6.45) is 1.17. The number of likely N-dealkylation sites (tertiary alicyclic amines) is 1. The highest BCUT2D eigenvalue weighted by Crippen LogP contribution is 2.28. The molecule has 2 heterocycles. The van der Waals surface area contributed by atoms with Crippen LogP contribution in [0.15, 0.2) is 28.8 Å². The zero-order valence-electron chi connectivity index (χ0n) is 13.5. The fourth-order valence-electron chi connectivity index (χ4n) is 2.75. The van der Waals surface area contributed by atoms with E-state index < -0.39 is 0 Å². The highest BCUT2D eigenvalue weighted by atomic mass is 16.5. The number of carbonyl (C=O) groups excluding carboxylic acids is 1. The lowest BCUT2D eigenvalue weighted by Gasteiger charge is -2.16. The van der Waals surface area contributed by atoms with Gasteiger partial charge in [-0.15, -0.1) is 0 Å². The van der Waals surface area contributed by atoms with Gasteiger partial charge in [0.25, 0.3) is 0 Å². The fraction of sp³-hybridized carbons (Fsp3) is 0.471. The van der Waals surface area contributed by atoms with Crippen LogP contribution in [0.5, 0.6) is 5.75 Å². The first-order chi connectivity index (χ1) is 11.2.